The molecule has 0 heterocycles. The van der Waals surface area contributed by atoms with Gasteiger partial charge >= 0.3 is 6.18 Å². The number of benzene rings is 1. The molecule has 0 aliphatic heterocycles. The van der Waals surface area contributed by atoms with Crippen LogP contribution >= 0.6 is 0 Å². The predicted octanol–water partition coefficient (Wildman–Crippen LogP) is 1.85. The average molecular weight is 276 g/mol. The molecule has 1 aromatic carbocycles. The van der Waals surface area contributed by atoms with Gasteiger partial charge in [0.25, 0.3) is 0 Å². The fourth-order valence-electron chi connectivity index (χ4n) is 1.28. The fraction of sp³-hybridized carbons (Fsp3) is 0.417. The van der Waals surface area contributed by atoms with Gasteiger partial charge in [-0.1, -0.05) is 12.1 Å². The summed E-state index contributed by atoms with van der Waals surface area (Å²) in [5, 5.41) is 2.58. The van der Waals surface area contributed by atoms with E-state index in [1.54, 1.807) is 24.3 Å². The monoisotopic (exact) mass is 276 g/mol. The molecule has 0 aromatic heterocycles. The smallest absolute Gasteiger partial charge is 0.399 e. The second-order valence-corrected chi connectivity index (χ2v) is 3.94. The molecule has 1 aromatic rings. The van der Waals surface area contributed by atoms with Crippen molar-refractivity contribution in [2.45, 2.75) is 19.1 Å². The van der Waals surface area contributed by atoms with Crippen molar-refractivity contribution in [3.05, 3.63) is 29.8 Å². The second-order valence-electron chi connectivity index (χ2n) is 3.94. The number of amides is 1. The summed E-state index contributed by atoms with van der Waals surface area (Å²) < 4.78 is 39.6. The zero-order valence-corrected chi connectivity index (χ0v) is 10.2. The number of nitrogens with two attached hydrogens (primary N) is 1. The first kappa shape index (κ1) is 15.3. The van der Waals surface area contributed by atoms with E-state index in [9.17, 15) is 18.0 Å². The first-order valence-corrected chi connectivity index (χ1v) is 5.62. The maximum atomic E-state index is 11.7. The summed E-state index contributed by atoms with van der Waals surface area (Å²) in [6.45, 7) is -1.29. The second kappa shape index (κ2) is 6.98. The van der Waals surface area contributed by atoms with Crippen LogP contribution < -0.4 is 11.1 Å². The van der Waals surface area contributed by atoms with Gasteiger partial charge in [0.2, 0.25) is 5.91 Å². The molecule has 0 saturated carbocycles. The Morgan fingerprint density at radius 3 is 2.47 bits per heavy atom. The molecule has 0 atom stereocenters. The minimum Gasteiger partial charge on any atom is -0.399 e. The van der Waals surface area contributed by atoms with E-state index in [0.717, 1.165) is 5.56 Å². The summed E-state index contributed by atoms with van der Waals surface area (Å²) in [6.07, 6.45) is -4.47. The van der Waals surface area contributed by atoms with Crippen molar-refractivity contribution in [1.29, 1.82) is 0 Å². The van der Waals surface area contributed by atoms with Crippen LogP contribution in [0.15, 0.2) is 24.3 Å². The molecule has 4 nitrogen and oxygen atoms in total. The molecule has 0 unspecified atom stereocenters. The lowest BCUT2D eigenvalue weighted by molar-refractivity contribution is -0.174. The van der Waals surface area contributed by atoms with Crippen LogP contribution in [0.1, 0.15) is 12.0 Å². The van der Waals surface area contributed by atoms with E-state index >= 15 is 0 Å². The highest BCUT2D eigenvalue weighted by atomic mass is 19.4. The molecule has 3 N–H and O–H groups in total. The van der Waals surface area contributed by atoms with Crippen LogP contribution in [0.25, 0.3) is 0 Å². The van der Waals surface area contributed by atoms with Gasteiger partial charge in [-0.15, -0.1) is 0 Å². The summed E-state index contributed by atoms with van der Waals surface area (Å²) in [6, 6.07) is 6.92. The molecule has 19 heavy (non-hydrogen) atoms. The number of alkyl halides is 3. The summed E-state index contributed by atoms with van der Waals surface area (Å²) >= 11 is 0. The highest BCUT2D eigenvalue weighted by Gasteiger charge is 2.27. The van der Waals surface area contributed by atoms with E-state index in [0.29, 0.717) is 12.2 Å². The van der Waals surface area contributed by atoms with E-state index in [2.05, 4.69) is 10.1 Å². The van der Waals surface area contributed by atoms with Crippen LogP contribution in [0.2, 0.25) is 0 Å². The van der Waals surface area contributed by atoms with Crippen LogP contribution in [-0.2, 0) is 16.1 Å². The molecule has 0 saturated heterocycles. The van der Waals surface area contributed by atoms with Crippen molar-refractivity contribution in [1.82, 2.24) is 5.32 Å². The lowest BCUT2D eigenvalue weighted by atomic mass is 10.2. The number of carbonyl (C=O) groups is 1. The van der Waals surface area contributed by atoms with Crippen LogP contribution in [0.4, 0.5) is 18.9 Å². The first-order chi connectivity index (χ1) is 8.87. The molecule has 0 fully saturated rings. The van der Waals surface area contributed by atoms with Gasteiger partial charge in [0, 0.05) is 18.7 Å². The third kappa shape index (κ3) is 7.30. The van der Waals surface area contributed by atoms with Gasteiger partial charge in [0.05, 0.1) is 6.61 Å². The lowest BCUT2D eigenvalue weighted by Crippen LogP contribution is -2.25. The van der Waals surface area contributed by atoms with E-state index < -0.39 is 12.8 Å². The zero-order chi connectivity index (χ0) is 14.3. The summed E-state index contributed by atoms with van der Waals surface area (Å²) in [5.41, 5.74) is 6.98. The molecule has 0 bridgehead atoms. The standard InChI is InChI=1S/C12H15F3N2O2/c13-12(14,15)8-19-6-5-11(18)17-7-9-1-3-10(16)4-2-9/h1-4H,5-8,16H2,(H,17,18). The normalized spacial score (nSPS) is 11.3. The minimum atomic E-state index is -4.36. The van der Waals surface area contributed by atoms with Gasteiger partial charge in [0.1, 0.15) is 6.61 Å². The van der Waals surface area contributed by atoms with Gasteiger partial charge in [-0.2, -0.15) is 13.2 Å². The molecule has 0 radical (unpaired) electrons. The first-order valence-electron chi connectivity index (χ1n) is 5.62. The van der Waals surface area contributed by atoms with Crippen molar-refractivity contribution in [3.8, 4) is 0 Å². The zero-order valence-electron chi connectivity index (χ0n) is 10.2. The Labute approximate surface area is 108 Å². The van der Waals surface area contributed by atoms with Crippen LogP contribution in [0, 0.1) is 0 Å². The number of hydrogen-bond donors (Lipinski definition) is 2. The fourth-order valence-corrected chi connectivity index (χ4v) is 1.28. The maximum absolute atomic E-state index is 11.7. The molecule has 0 aliphatic carbocycles. The Balaban J connectivity index is 2.16. The molecule has 0 aliphatic rings. The predicted molar refractivity (Wildman–Crippen MR) is 64.2 cm³/mol. The largest absolute Gasteiger partial charge is 0.411 e. The van der Waals surface area contributed by atoms with Crippen molar-refractivity contribution < 1.29 is 22.7 Å². The van der Waals surface area contributed by atoms with E-state index in [1.807, 2.05) is 0 Å². The van der Waals surface area contributed by atoms with Crippen molar-refractivity contribution in [2.24, 2.45) is 0 Å². The van der Waals surface area contributed by atoms with Gasteiger partial charge in [-0.3, -0.25) is 4.79 Å². The van der Waals surface area contributed by atoms with Crippen LogP contribution in [0.5, 0.6) is 0 Å². The number of anilines is 1. The van der Waals surface area contributed by atoms with Gasteiger partial charge in [-0.05, 0) is 17.7 Å². The quantitative estimate of drug-likeness (QED) is 0.615. The maximum Gasteiger partial charge on any atom is 0.411 e. The molecule has 1 rings (SSSR count). The number of hydrogen-bond acceptors (Lipinski definition) is 3. The van der Waals surface area contributed by atoms with E-state index in [-0.39, 0.29) is 18.9 Å². The minimum absolute atomic E-state index is 0.106. The Morgan fingerprint density at radius 2 is 1.89 bits per heavy atom. The number of rotatable bonds is 6. The topological polar surface area (TPSA) is 64.3 Å². The molecular formula is C12H15F3N2O2. The highest BCUT2D eigenvalue weighted by Crippen LogP contribution is 2.14. The lowest BCUT2D eigenvalue weighted by Gasteiger charge is -2.08. The molecule has 1 amide bonds. The highest BCUT2D eigenvalue weighted by molar-refractivity contribution is 5.75. The number of ether oxygens (including phenoxy) is 1. The van der Waals surface area contributed by atoms with Crippen molar-refractivity contribution in [3.63, 3.8) is 0 Å². The number of nitrogen functional groups attached to an aromatic ring is 1. The molecule has 7 heteroatoms. The van der Waals surface area contributed by atoms with Crippen molar-refractivity contribution >= 4 is 11.6 Å². The van der Waals surface area contributed by atoms with Crippen LogP contribution in [0.3, 0.4) is 0 Å². The van der Waals surface area contributed by atoms with Crippen molar-refractivity contribution in [2.75, 3.05) is 18.9 Å². The Morgan fingerprint density at radius 1 is 1.26 bits per heavy atom. The Bertz CT molecular complexity index is 404. The van der Waals surface area contributed by atoms with E-state index in [1.165, 1.54) is 0 Å². The molecule has 0 spiro atoms. The number of nitrogens with one attached hydrogen (secondary N) is 1. The third-order valence-corrected chi connectivity index (χ3v) is 2.21. The summed E-state index contributed by atoms with van der Waals surface area (Å²) in [5.74, 6) is -0.362. The number of halogens is 3. The van der Waals surface area contributed by atoms with E-state index in [4.69, 9.17) is 5.73 Å². The van der Waals surface area contributed by atoms with Gasteiger partial charge in [-0.25, -0.2) is 0 Å². The summed E-state index contributed by atoms with van der Waals surface area (Å²) in [4.78, 5) is 11.3. The summed E-state index contributed by atoms with van der Waals surface area (Å²) in [7, 11) is 0. The Hall–Kier alpha value is -1.76. The average Bonchev–Trinajstić information content (AvgIpc) is 2.33. The SMILES string of the molecule is Nc1ccc(CNC(=O)CCOCC(F)(F)F)cc1. The third-order valence-electron chi connectivity index (χ3n) is 2.21. The Kier molecular flexibility index (Phi) is 5.62. The molecule has 106 valence electrons. The molecular weight excluding hydrogens is 261 g/mol. The van der Waals surface area contributed by atoms with Crippen LogP contribution in [-0.4, -0.2) is 25.3 Å². The number of carbonyl (C=O) groups excluding carboxylic acids is 1. The van der Waals surface area contributed by atoms with Gasteiger partial charge in [0.15, 0.2) is 0 Å². The van der Waals surface area contributed by atoms with Gasteiger partial charge < -0.3 is 15.8 Å².